The van der Waals surface area contributed by atoms with Gasteiger partial charge in [-0.1, -0.05) is 23.7 Å². The Bertz CT molecular complexity index is 968. The van der Waals surface area contributed by atoms with Gasteiger partial charge in [-0.05, 0) is 31.7 Å². The van der Waals surface area contributed by atoms with Crippen LogP contribution < -0.4 is 10.3 Å². The van der Waals surface area contributed by atoms with Crippen molar-refractivity contribution >= 4 is 11.5 Å². The lowest BCUT2D eigenvalue weighted by Crippen LogP contribution is -2.33. The van der Waals surface area contributed by atoms with E-state index in [1.165, 1.54) is 12.5 Å². The normalized spacial score (nSPS) is 16.1. The van der Waals surface area contributed by atoms with Gasteiger partial charge in [0.25, 0.3) is 0 Å². The molecule has 0 radical (unpaired) electrons. The number of halogens is 1. The third-order valence-corrected chi connectivity index (χ3v) is 5.24. The van der Waals surface area contributed by atoms with Gasteiger partial charge in [-0.15, -0.1) is 4.52 Å². The molecule has 1 fully saturated rings. The lowest BCUT2D eigenvalue weighted by Gasteiger charge is -2.19. The van der Waals surface area contributed by atoms with E-state index in [9.17, 15) is 4.39 Å². The van der Waals surface area contributed by atoms with Gasteiger partial charge < -0.3 is 10.6 Å². The molecule has 0 unspecified atom stereocenters. The van der Waals surface area contributed by atoms with Crippen molar-refractivity contribution in [2.75, 3.05) is 0 Å². The molecule has 7 heteroatoms. The van der Waals surface area contributed by atoms with Crippen LogP contribution in [0.5, 0.6) is 0 Å². The third-order valence-electron chi connectivity index (χ3n) is 5.24. The fourth-order valence-corrected chi connectivity index (χ4v) is 3.62. The zero-order valence-corrected chi connectivity index (χ0v) is 15.5. The van der Waals surface area contributed by atoms with Crippen molar-refractivity contribution in [1.82, 2.24) is 9.20 Å². The smallest absolute Gasteiger partial charge is 0.307 e. The number of aryl methyl sites for hydroxylation is 1. The van der Waals surface area contributed by atoms with Crippen LogP contribution in [0.3, 0.4) is 0 Å². The second kappa shape index (κ2) is 7.42. The maximum Gasteiger partial charge on any atom is 0.307 e. The number of nitrogens with two attached hydrogens (primary N) is 1. The quantitative estimate of drug-likeness (QED) is 0.325. The van der Waals surface area contributed by atoms with Gasteiger partial charge in [0.1, 0.15) is 24.7 Å². The molecule has 0 amide bonds. The Labute approximate surface area is 157 Å². The maximum absolute atomic E-state index is 14.6. The van der Waals surface area contributed by atoms with Crippen LogP contribution in [0.1, 0.15) is 43.2 Å². The van der Waals surface area contributed by atoms with E-state index in [1.54, 1.807) is 12.1 Å². The number of rotatable bonds is 5. The number of oxime groups is 1. The molecule has 1 aliphatic carbocycles. The topological polar surface area (TPSA) is 60.8 Å². The minimum atomic E-state index is -0.300. The highest BCUT2D eigenvalue weighted by Gasteiger charge is 2.16. The van der Waals surface area contributed by atoms with Crippen LogP contribution in [-0.4, -0.2) is 21.1 Å². The molecule has 2 aromatic heterocycles. The standard InChI is InChI=1S/C20H25FN5O/c1-24-10-9-19-25(11-12-26(19)24)14-16-8-7-15(13-18(16)21)20(22)23-27-17-5-3-2-4-6-17/h7-13,17H,2-6,14H2,1H3,(H2,22,23)/q+1. The van der Waals surface area contributed by atoms with E-state index in [1.807, 2.05) is 45.5 Å². The Kier molecular flexibility index (Phi) is 4.83. The number of nitrogens with zero attached hydrogens (tertiary/aromatic N) is 4. The van der Waals surface area contributed by atoms with E-state index >= 15 is 0 Å². The van der Waals surface area contributed by atoms with E-state index in [2.05, 4.69) is 5.16 Å². The van der Waals surface area contributed by atoms with Crippen LogP contribution in [0.15, 0.2) is 48.0 Å². The molecule has 1 aromatic carbocycles. The van der Waals surface area contributed by atoms with Gasteiger partial charge in [0.15, 0.2) is 12.0 Å². The first-order valence-electron chi connectivity index (χ1n) is 9.42. The number of benzene rings is 1. The molecule has 6 nitrogen and oxygen atoms in total. The summed E-state index contributed by atoms with van der Waals surface area (Å²) in [6, 6.07) is 6.98. The van der Waals surface area contributed by atoms with Gasteiger partial charge in [-0.3, -0.25) is 0 Å². The van der Waals surface area contributed by atoms with E-state index in [4.69, 9.17) is 10.6 Å². The van der Waals surface area contributed by atoms with Crippen molar-refractivity contribution in [2.24, 2.45) is 17.9 Å². The summed E-state index contributed by atoms with van der Waals surface area (Å²) in [7, 11) is 1.96. The lowest BCUT2D eigenvalue weighted by atomic mass is 9.98. The Morgan fingerprint density at radius 2 is 2.07 bits per heavy atom. The number of hydrogen-bond donors (Lipinski definition) is 1. The average Bonchev–Trinajstić information content (AvgIpc) is 3.25. The van der Waals surface area contributed by atoms with Crippen molar-refractivity contribution in [3.05, 3.63) is 59.8 Å². The van der Waals surface area contributed by atoms with Crippen molar-refractivity contribution in [2.45, 2.75) is 44.8 Å². The summed E-state index contributed by atoms with van der Waals surface area (Å²) in [5.41, 5.74) is 8.13. The Hall–Kier alpha value is -2.83. The fourth-order valence-electron chi connectivity index (χ4n) is 3.62. The Morgan fingerprint density at radius 1 is 1.26 bits per heavy atom. The molecule has 2 heterocycles. The highest BCUT2D eigenvalue weighted by molar-refractivity contribution is 5.97. The first kappa shape index (κ1) is 17.6. The summed E-state index contributed by atoms with van der Waals surface area (Å²) in [6.07, 6.45) is 11.6. The van der Waals surface area contributed by atoms with Crippen molar-refractivity contribution in [3.8, 4) is 0 Å². The molecule has 0 bridgehead atoms. The van der Waals surface area contributed by atoms with Gasteiger partial charge in [-0.2, -0.15) is 0 Å². The van der Waals surface area contributed by atoms with Gasteiger partial charge in [0.05, 0.1) is 0 Å². The van der Waals surface area contributed by atoms with Gasteiger partial charge in [0, 0.05) is 30.4 Å². The molecule has 0 saturated heterocycles. The minimum absolute atomic E-state index is 0.126. The van der Waals surface area contributed by atoms with Crippen LogP contribution in [0.4, 0.5) is 4.39 Å². The number of hydrogen-bond acceptors (Lipinski definition) is 2. The highest BCUT2D eigenvalue weighted by atomic mass is 19.1. The molecular formula is C20H25FN5O+. The van der Waals surface area contributed by atoms with Crippen LogP contribution >= 0.6 is 0 Å². The number of imidazole rings is 1. The highest BCUT2D eigenvalue weighted by Crippen LogP contribution is 2.20. The van der Waals surface area contributed by atoms with E-state index in [0.717, 1.165) is 31.3 Å². The Balaban J connectivity index is 1.48. The van der Waals surface area contributed by atoms with Crippen LogP contribution in [0.25, 0.3) is 5.65 Å². The summed E-state index contributed by atoms with van der Waals surface area (Å²) in [5, 5.41) is 4.02. The zero-order chi connectivity index (χ0) is 18.8. The largest absolute Gasteiger partial charge is 0.391 e. The third kappa shape index (κ3) is 3.67. The number of fused-ring (bicyclic) bond motifs is 1. The molecular weight excluding hydrogens is 345 g/mol. The molecule has 0 aliphatic heterocycles. The zero-order valence-electron chi connectivity index (χ0n) is 15.5. The van der Waals surface area contributed by atoms with Crippen molar-refractivity contribution in [1.29, 1.82) is 0 Å². The molecule has 4 rings (SSSR count). The molecule has 3 aromatic rings. The van der Waals surface area contributed by atoms with Crippen LogP contribution in [0.2, 0.25) is 0 Å². The van der Waals surface area contributed by atoms with E-state index in [-0.39, 0.29) is 17.8 Å². The summed E-state index contributed by atoms with van der Waals surface area (Å²) < 4.78 is 20.6. The molecule has 1 aliphatic rings. The van der Waals surface area contributed by atoms with E-state index < -0.39 is 0 Å². The number of aromatic nitrogens is 3. The summed E-state index contributed by atoms with van der Waals surface area (Å²) >= 11 is 0. The summed E-state index contributed by atoms with van der Waals surface area (Å²) in [4.78, 5) is 5.54. The van der Waals surface area contributed by atoms with Gasteiger partial charge in [0.2, 0.25) is 0 Å². The lowest BCUT2D eigenvalue weighted by molar-refractivity contribution is -0.662. The van der Waals surface area contributed by atoms with Gasteiger partial charge in [-0.25, -0.2) is 13.6 Å². The molecule has 2 N–H and O–H groups in total. The monoisotopic (exact) mass is 370 g/mol. The predicted octanol–water partition coefficient (Wildman–Crippen LogP) is 2.72. The Morgan fingerprint density at radius 3 is 2.85 bits per heavy atom. The predicted molar refractivity (Wildman–Crippen MR) is 101 cm³/mol. The SMILES string of the molecule is Cn1ccc2n1cc[n+]2Cc1ccc(C(N)=NOC2CCCCC2)cc1F. The summed E-state index contributed by atoms with van der Waals surface area (Å²) in [5.74, 6) is -0.0842. The molecule has 0 atom stereocenters. The van der Waals surface area contributed by atoms with Crippen LogP contribution in [0, 0.1) is 5.82 Å². The number of amidine groups is 1. The molecule has 27 heavy (non-hydrogen) atoms. The summed E-state index contributed by atoms with van der Waals surface area (Å²) in [6.45, 7) is 0.447. The first-order chi connectivity index (χ1) is 13.1. The van der Waals surface area contributed by atoms with Gasteiger partial charge >= 0.3 is 5.65 Å². The average molecular weight is 370 g/mol. The second-order valence-electron chi connectivity index (χ2n) is 7.17. The maximum atomic E-state index is 14.6. The minimum Gasteiger partial charge on any atom is -0.391 e. The van der Waals surface area contributed by atoms with Crippen molar-refractivity contribution < 1.29 is 13.8 Å². The van der Waals surface area contributed by atoms with E-state index in [0.29, 0.717) is 17.7 Å². The fraction of sp³-hybridized carbons (Fsp3) is 0.400. The second-order valence-corrected chi connectivity index (χ2v) is 7.17. The van der Waals surface area contributed by atoms with Crippen LogP contribution in [-0.2, 0) is 18.4 Å². The van der Waals surface area contributed by atoms with Crippen molar-refractivity contribution in [3.63, 3.8) is 0 Å². The first-order valence-corrected chi connectivity index (χ1v) is 9.42. The molecule has 1 saturated carbocycles. The molecule has 0 spiro atoms. The molecule has 142 valence electrons.